The highest BCUT2D eigenvalue weighted by atomic mass is 79.9. The predicted octanol–water partition coefficient (Wildman–Crippen LogP) is 4.47. The summed E-state index contributed by atoms with van der Waals surface area (Å²) in [4.78, 5) is 12.5. The highest BCUT2D eigenvalue weighted by Crippen LogP contribution is 2.23. The average Bonchev–Trinajstić information content (AvgIpc) is 2.39. The van der Waals surface area contributed by atoms with Crippen LogP contribution in [0.2, 0.25) is 0 Å². The van der Waals surface area contributed by atoms with Crippen LogP contribution in [0.3, 0.4) is 0 Å². The van der Waals surface area contributed by atoms with Crippen molar-refractivity contribution >= 4 is 21.7 Å². The zero-order chi connectivity index (χ0) is 13.8. The Hall–Kier alpha value is -1.61. The Morgan fingerprint density at radius 2 is 1.68 bits per heavy atom. The molecular weight excluding hydrogens is 304 g/mol. The van der Waals surface area contributed by atoms with Gasteiger partial charge in [-0.15, -0.1) is 0 Å². The fourth-order valence-corrected chi connectivity index (χ4v) is 2.03. The van der Waals surface area contributed by atoms with Crippen LogP contribution in [0, 0.1) is 0 Å². The van der Waals surface area contributed by atoms with Crippen LogP contribution in [0.4, 0.5) is 0 Å². The van der Waals surface area contributed by atoms with Crippen molar-refractivity contribution in [3.8, 4) is 5.75 Å². The van der Waals surface area contributed by atoms with Crippen LogP contribution >= 0.6 is 15.9 Å². The minimum Gasteiger partial charge on any atom is -0.490 e. The lowest BCUT2D eigenvalue weighted by Gasteiger charge is -2.13. The van der Waals surface area contributed by atoms with Gasteiger partial charge in [0.15, 0.2) is 5.78 Å². The summed E-state index contributed by atoms with van der Waals surface area (Å²) < 4.78 is 6.64. The minimum atomic E-state index is -0.0243. The van der Waals surface area contributed by atoms with Crippen LogP contribution in [0.25, 0.3) is 0 Å². The molecule has 0 saturated heterocycles. The van der Waals surface area contributed by atoms with Gasteiger partial charge in [0, 0.05) is 10.0 Å². The molecule has 0 spiro atoms. The van der Waals surface area contributed by atoms with Crippen LogP contribution in [-0.2, 0) is 0 Å². The van der Waals surface area contributed by atoms with Crippen molar-refractivity contribution in [3.63, 3.8) is 0 Å². The smallest absolute Gasteiger partial charge is 0.196 e. The Morgan fingerprint density at radius 3 is 2.32 bits per heavy atom. The van der Waals surface area contributed by atoms with Gasteiger partial charge in [0.05, 0.1) is 11.7 Å². The first-order valence-corrected chi connectivity index (χ1v) is 6.93. The third-order valence-corrected chi connectivity index (χ3v) is 3.13. The number of carbonyl (C=O) groups excluding carboxylic acids is 1. The van der Waals surface area contributed by atoms with Crippen molar-refractivity contribution in [1.82, 2.24) is 0 Å². The fourth-order valence-electron chi connectivity index (χ4n) is 1.77. The SMILES string of the molecule is CC(C)Oc1ccccc1C(=O)c1ccc(Br)cc1. The molecule has 3 heteroatoms. The molecule has 0 N–H and O–H groups in total. The quantitative estimate of drug-likeness (QED) is 0.777. The lowest BCUT2D eigenvalue weighted by atomic mass is 10.0. The summed E-state index contributed by atoms with van der Waals surface area (Å²) in [5, 5.41) is 0. The van der Waals surface area contributed by atoms with Crippen molar-refractivity contribution < 1.29 is 9.53 Å². The van der Waals surface area contributed by atoms with Crippen LogP contribution in [-0.4, -0.2) is 11.9 Å². The molecule has 0 aliphatic heterocycles. The molecule has 0 bridgehead atoms. The molecule has 0 aliphatic rings. The van der Waals surface area contributed by atoms with E-state index in [1.165, 1.54) is 0 Å². The molecule has 19 heavy (non-hydrogen) atoms. The van der Waals surface area contributed by atoms with Gasteiger partial charge in [-0.05, 0) is 50.2 Å². The van der Waals surface area contributed by atoms with E-state index >= 15 is 0 Å². The summed E-state index contributed by atoms with van der Waals surface area (Å²) in [5.41, 5.74) is 1.25. The molecule has 2 rings (SSSR count). The molecule has 0 radical (unpaired) electrons. The van der Waals surface area contributed by atoms with Crippen LogP contribution in [0.5, 0.6) is 5.75 Å². The number of benzene rings is 2. The Labute approximate surface area is 121 Å². The predicted molar refractivity (Wildman–Crippen MR) is 79.8 cm³/mol. The Morgan fingerprint density at radius 1 is 1.05 bits per heavy atom. The van der Waals surface area contributed by atoms with E-state index in [-0.39, 0.29) is 11.9 Å². The van der Waals surface area contributed by atoms with Crippen molar-refractivity contribution in [2.45, 2.75) is 20.0 Å². The van der Waals surface area contributed by atoms with E-state index in [1.54, 1.807) is 18.2 Å². The number of halogens is 1. The van der Waals surface area contributed by atoms with Gasteiger partial charge in [-0.3, -0.25) is 4.79 Å². The summed E-state index contributed by atoms with van der Waals surface area (Å²) >= 11 is 3.36. The molecule has 98 valence electrons. The lowest BCUT2D eigenvalue weighted by molar-refractivity contribution is 0.103. The van der Waals surface area contributed by atoms with Gasteiger partial charge in [0.25, 0.3) is 0 Å². The van der Waals surface area contributed by atoms with Gasteiger partial charge in [0.1, 0.15) is 5.75 Å². The highest BCUT2D eigenvalue weighted by Gasteiger charge is 2.14. The van der Waals surface area contributed by atoms with E-state index < -0.39 is 0 Å². The molecule has 2 aromatic carbocycles. The molecule has 0 heterocycles. The molecule has 0 aromatic heterocycles. The van der Waals surface area contributed by atoms with E-state index in [0.717, 1.165) is 4.47 Å². The van der Waals surface area contributed by atoms with E-state index in [4.69, 9.17) is 4.74 Å². The number of ketones is 1. The number of hydrogen-bond acceptors (Lipinski definition) is 2. The molecule has 0 saturated carbocycles. The first kappa shape index (κ1) is 13.8. The molecule has 0 amide bonds. The third kappa shape index (κ3) is 3.44. The monoisotopic (exact) mass is 318 g/mol. The summed E-state index contributed by atoms with van der Waals surface area (Å²) in [5.74, 6) is 0.606. The lowest BCUT2D eigenvalue weighted by Crippen LogP contribution is -2.10. The molecular formula is C16H15BrO2. The summed E-state index contributed by atoms with van der Waals surface area (Å²) in [6, 6.07) is 14.7. The molecule has 0 fully saturated rings. The van der Waals surface area contributed by atoms with Crippen LogP contribution in [0.1, 0.15) is 29.8 Å². The first-order valence-electron chi connectivity index (χ1n) is 6.14. The number of ether oxygens (including phenoxy) is 1. The Kier molecular flexibility index (Phi) is 4.38. The van der Waals surface area contributed by atoms with E-state index in [2.05, 4.69) is 15.9 Å². The van der Waals surface area contributed by atoms with E-state index in [9.17, 15) is 4.79 Å². The zero-order valence-corrected chi connectivity index (χ0v) is 12.5. The highest BCUT2D eigenvalue weighted by molar-refractivity contribution is 9.10. The van der Waals surface area contributed by atoms with Crippen molar-refractivity contribution in [1.29, 1.82) is 0 Å². The van der Waals surface area contributed by atoms with Gasteiger partial charge in [-0.1, -0.05) is 28.1 Å². The summed E-state index contributed by atoms with van der Waals surface area (Å²) in [7, 11) is 0. The van der Waals surface area contributed by atoms with Gasteiger partial charge < -0.3 is 4.74 Å². The van der Waals surface area contributed by atoms with Crippen molar-refractivity contribution in [3.05, 3.63) is 64.1 Å². The second kappa shape index (κ2) is 6.02. The number of rotatable bonds is 4. The van der Waals surface area contributed by atoms with Crippen LogP contribution < -0.4 is 4.74 Å². The maximum absolute atomic E-state index is 12.5. The largest absolute Gasteiger partial charge is 0.490 e. The standard InChI is InChI=1S/C16H15BrO2/c1-11(2)19-15-6-4-3-5-14(15)16(18)12-7-9-13(17)10-8-12/h3-11H,1-2H3. The second-order valence-electron chi connectivity index (χ2n) is 4.50. The topological polar surface area (TPSA) is 26.3 Å². The third-order valence-electron chi connectivity index (χ3n) is 2.60. The summed E-state index contributed by atoms with van der Waals surface area (Å²) in [6.07, 6.45) is 0.0406. The fraction of sp³-hybridized carbons (Fsp3) is 0.188. The number of carbonyl (C=O) groups is 1. The van der Waals surface area contributed by atoms with Crippen molar-refractivity contribution in [2.24, 2.45) is 0 Å². The minimum absolute atomic E-state index is 0.0243. The Balaban J connectivity index is 2.35. The summed E-state index contributed by atoms with van der Waals surface area (Å²) in [6.45, 7) is 3.89. The Bertz CT molecular complexity index is 574. The number of para-hydroxylation sites is 1. The maximum Gasteiger partial charge on any atom is 0.196 e. The molecule has 0 unspecified atom stereocenters. The average molecular weight is 319 g/mol. The normalized spacial score (nSPS) is 10.5. The number of hydrogen-bond donors (Lipinski definition) is 0. The second-order valence-corrected chi connectivity index (χ2v) is 5.41. The van der Waals surface area contributed by atoms with E-state index in [0.29, 0.717) is 16.9 Å². The molecule has 0 aliphatic carbocycles. The van der Waals surface area contributed by atoms with Crippen LogP contribution in [0.15, 0.2) is 53.0 Å². The van der Waals surface area contributed by atoms with Gasteiger partial charge in [0.2, 0.25) is 0 Å². The maximum atomic E-state index is 12.5. The molecule has 0 atom stereocenters. The molecule has 2 nitrogen and oxygen atoms in total. The van der Waals surface area contributed by atoms with Gasteiger partial charge in [-0.25, -0.2) is 0 Å². The molecule has 2 aromatic rings. The van der Waals surface area contributed by atoms with Gasteiger partial charge in [-0.2, -0.15) is 0 Å². The van der Waals surface area contributed by atoms with Crippen molar-refractivity contribution in [2.75, 3.05) is 0 Å². The van der Waals surface area contributed by atoms with Gasteiger partial charge >= 0.3 is 0 Å². The zero-order valence-electron chi connectivity index (χ0n) is 10.9. The van der Waals surface area contributed by atoms with E-state index in [1.807, 2.05) is 44.2 Å². The first-order chi connectivity index (χ1) is 9.08.